The van der Waals surface area contributed by atoms with Gasteiger partial charge in [-0.1, -0.05) is 29.8 Å². The lowest BCUT2D eigenvalue weighted by Gasteiger charge is -2.09. The van der Waals surface area contributed by atoms with E-state index < -0.39 is 24.3 Å². The number of carbonyl (C=O) groups is 2. The number of carbonyl (C=O) groups excluding carboxylic acids is 2. The zero-order valence-corrected chi connectivity index (χ0v) is 15.5. The second-order valence-electron chi connectivity index (χ2n) is 5.11. The predicted octanol–water partition coefficient (Wildman–Crippen LogP) is 4.29. The molecule has 2 aromatic rings. The van der Waals surface area contributed by atoms with Crippen molar-refractivity contribution in [2.45, 2.75) is 4.90 Å². The highest BCUT2D eigenvalue weighted by molar-refractivity contribution is 7.99. The molecule has 0 saturated heterocycles. The molecule has 138 valence electrons. The number of benzene rings is 2. The number of halogens is 2. The number of nitrogens with one attached hydrogen (secondary N) is 1. The normalized spacial score (nSPS) is 10.4. The summed E-state index contributed by atoms with van der Waals surface area (Å²) < 4.78 is 17.9. The maximum absolute atomic E-state index is 13.1. The van der Waals surface area contributed by atoms with E-state index in [1.807, 2.05) is 6.07 Å². The van der Waals surface area contributed by atoms with Gasteiger partial charge in [-0.25, -0.2) is 9.18 Å². The Hall–Kier alpha value is -2.82. The maximum atomic E-state index is 13.1. The topological polar surface area (TPSA) is 79.2 Å². The van der Waals surface area contributed by atoms with Gasteiger partial charge in [0.15, 0.2) is 6.61 Å². The second kappa shape index (κ2) is 10.4. The van der Waals surface area contributed by atoms with Crippen LogP contribution in [0.3, 0.4) is 0 Å². The highest BCUT2D eigenvalue weighted by atomic mass is 35.5. The molecule has 0 heterocycles. The van der Waals surface area contributed by atoms with E-state index in [1.54, 1.807) is 24.3 Å². The number of ether oxygens (including phenoxy) is 1. The second-order valence-corrected chi connectivity index (χ2v) is 6.53. The molecule has 0 aromatic heterocycles. The van der Waals surface area contributed by atoms with Gasteiger partial charge in [-0.3, -0.25) is 4.79 Å². The van der Waals surface area contributed by atoms with Gasteiger partial charge in [0.2, 0.25) is 0 Å². The monoisotopic (exact) mass is 404 g/mol. The standard InChI is InChI=1S/C19H14ClFN2O3S/c20-14-11-13(5-7-15(14)21)6-8-19(25)26-12-18(24)23-16-3-1-2-4-17(16)27-10-9-22/h1-8,11H,10,12H2,(H,23,24)/b8-6+. The molecule has 0 bridgehead atoms. The van der Waals surface area contributed by atoms with E-state index in [0.29, 0.717) is 11.3 Å². The van der Waals surface area contributed by atoms with E-state index in [9.17, 15) is 14.0 Å². The van der Waals surface area contributed by atoms with Gasteiger partial charge in [0.05, 0.1) is 22.5 Å². The summed E-state index contributed by atoms with van der Waals surface area (Å²) in [5, 5.41) is 11.2. The molecule has 0 radical (unpaired) electrons. The molecule has 1 N–H and O–H groups in total. The maximum Gasteiger partial charge on any atom is 0.331 e. The third-order valence-electron chi connectivity index (χ3n) is 3.15. The zero-order chi connectivity index (χ0) is 19.6. The fourth-order valence-electron chi connectivity index (χ4n) is 1.96. The molecule has 0 aliphatic rings. The summed E-state index contributed by atoms with van der Waals surface area (Å²) in [6.45, 7) is -0.468. The number of thioether (sulfide) groups is 1. The third kappa shape index (κ3) is 6.77. The highest BCUT2D eigenvalue weighted by Gasteiger charge is 2.09. The molecule has 0 fully saturated rings. The van der Waals surface area contributed by atoms with Gasteiger partial charge in [0.25, 0.3) is 5.91 Å². The zero-order valence-electron chi connectivity index (χ0n) is 13.9. The number of hydrogen-bond donors (Lipinski definition) is 1. The predicted molar refractivity (Wildman–Crippen MR) is 103 cm³/mol. The molecule has 0 aliphatic carbocycles. The SMILES string of the molecule is N#CCSc1ccccc1NC(=O)COC(=O)/C=C/c1ccc(F)c(Cl)c1. The Balaban J connectivity index is 1.86. The van der Waals surface area contributed by atoms with Crippen LogP contribution in [-0.2, 0) is 14.3 Å². The van der Waals surface area contributed by atoms with Crippen LogP contribution in [0.25, 0.3) is 6.08 Å². The van der Waals surface area contributed by atoms with Gasteiger partial charge >= 0.3 is 5.97 Å². The van der Waals surface area contributed by atoms with Crippen molar-refractivity contribution in [1.29, 1.82) is 5.26 Å². The van der Waals surface area contributed by atoms with Crippen LogP contribution in [0.5, 0.6) is 0 Å². The molecule has 0 unspecified atom stereocenters. The molecule has 0 spiro atoms. The number of nitriles is 1. The minimum absolute atomic E-state index is 0.0576. The number of amides is 1. The van der Waals surface area contributed by atoms with Crippen molar-refractivity contribution >= 4 is 47.0 Å². The summed E-state index contributed by atoms with van der Waals surface area (Å²) in [5.74, 6) is -1.54. The Kier molecular flexibility index (Phi) is 7.86. The molecule has 27 heavy (non-hydrogen) atoms. The van der Waals surface area contributed by atoms with Crippen molar-refractivity contribution in [2.75, 3.05) is 17.7 Å². The van der Waals surface area contributed by atoms with Crippen LogP contribution >= 0.6 is 23.4 Å². The molecule has 0 aliphatic heterocycles. The summed E-state index contributed by atoms with van der Waals surface area (Å²) in [6, 6.07) is 13.0. The van der Waals surface area contributed by atoms with Crippen LogP contribution in [-0.4, -0.2) is 24.2 Å². The molecular weight excluding hydrogens is 391 g/mol. The van der Waals surface area contributed by atoms with Crippen LogP contribution in [0.1, 0.15) is 5.56 Å². The average Bonchev–Trinajstić information content (AvgIpc) is 2.66. The molecular formula is C19H14ClFN2O3S. The van der Waals surface area contributed by atoms with Crippen molar-refractivity contribution in [3.8, 4) is 6.07 Å². The van der Waals surface area contributed by atoms with E-state index in [0.717, 1.165) is 11.0 Å². The first-order valence-electron chi connectivity index (χ1n) is 7.68. The first-order chi connectivity index (χ1) is 13.0. The Labute approximate surface area is 164 Å². The fraction of sp³-hybridized carbons (Fsp3) is 0.105. The Morgan fingerprint density at radius 3 is 2.81 bits per heavy atom. The summed E-state index contributed by atoms with van der Waals surface area (Å²) in [6.07, 6.45) is 2.52. The Bertz CT molecular complexity index is 912. The van der Waals surface area contributed by atoms with E-state index in [4.69, 9.17) is 21.6 Å². The molecule has 0 saturated carbocycles. The van der Waals surface area contributed by atoms with Gasteiger partial charge in [-0.15, -0.1) is 11.8 Å². The molecule has 0 atom stereocenters. The molecule has 2 rings (SSSR count). The van der Waals surface area contributed by atoms with Crippen molar-refractivity contribution in [2.24, 2.45) is 0 Å². The van der Waals surface area contributed by atoms with Gasteiger partial charge in [0, 0.05) is 11.0 Å². The largest absolute Gasteiger partial charge is 0.452 e. The van der Waals surface area contributed by atoms with E-state index >= 15 is 0 Å². The average molecular weight is 405 g/mol. The van der Waals surface area contributed by atoms with E-state index in [2.05, 4.69) is 5.32 Å². The molecule has 1 amide bonds. The van der Waals surface area contributed by atoms with Crippen LogP contribution in [0, 0.1) is 17.1 Å². The summed E-state index contributed by atoms with van der Waals surface area (Å²) >= 11 is 6.94. The van der Waals surface area contributed by atoms with Crippen LogP contribution < -0.4 is 5.32 Å². The van der Waals surface area contributed by atoms with Gasteiger partial charge in [0.1, 0.15) is 5.82 Å². The van der Waals surface area contributed by atoms with Crippen molar-refractivity contribution in [3.05, 3.63) is 64.9 Å². The van der Waals surface area contributed by atoms with Crippen molar-refractivity contribution < 1.29 is 18.7 Å². The number of hydrogen-bond acceptors (Lipinski definition) is 5. The van der Waals surface area contributed by atoms with E-state index in [-0.39, 0.29) is 10.8 Å². The Morgan fingerprint density at radius 2 is 2.07 bits per heavy atom. The van der Waals surface area contributed by atoms with Crippen LogP contribution in [0.2, 0.25) is 5.02 Å². The van der Waals surface area contributed by atoms with Crippen molar-refractivity contribution in [1.82, 2.24) is 0 Å². The molecule has 5 nitrogen and oxygen atoms in total. The first kappa shape index (κ1) is 20.5. The Morgan fingerprint density at radius 1 is 1.30 bits per heavy atom. The fourth-order valence-corrected chi connectivity index (χ4v) is 2.82. The van der Waals surface area contributed by atoms with Gasteiger partial charge in [-0.05, 0) is 35.9 Å². The van der Waals surface area contributed by atoms with Crippen LogP contribution in [0.4, 0.5) is 10.1 Å². The summed E-state index contributed by atoms with van der Waals surface area (Å²) in [4.78, 5) is 24.4. The first-order valence-corrected chi connectivity index (χ1v) is 9.04. The quantitative estimate of drug-likeness (QED) is 0.423. The molecule has 2 aromatic carbocycles. The summed E-state index contributed by atoms with van der Waals surface area (Å²) in [7, 11) is 0. The summed E-state index contributed by atoms with van der Waals surface area (Å²) in [5.41, 5.74) is 1.06. The van der Waals surface area contributed by atoms with Gasteiger partial charge in [-0.2, -0.15) is 5.26 Å². The minimum Gasteiger partial charge on any atom is -0.452 e. The van der Waals surface area contributed by atoms with Gasteiger partial charge < -0.3 is 10.1 Å². The number of esters is 1. The minimum atomic E-state index is -0.724. The lowest BCUT2D eigenvalue weighted by atomic mass is 10.2. The highest BCUT2D eigenvalue weighted by Crippen LogP contribution is 2.26. The smallest absolute Gasteiger partial charge is 0.331 e. The molecule has 8 heteroatoms. The lowest BCUT2D eigenvalue weighted by Crippen LogP contribution is -2.20. The number of rotatable bonds is 7. The van der Waals surface area contributed by atoms with E-state index in [1.165, 1.54) is 36.0 Å². The van der Waals surface area contributed by atoms with Crippen molar-refractivity contribution in [3.63, 3.8) is 0 Å². The number of anilines is 1. The third-order valence-corrected chi connectivity index (χ3v) is 4.38. The number of nitrogens with zero attached hydrogens (tertiary/aromatic N) is 1. The lowest BCUT2D eigenvalue weighted by molar-refractivity contribution is -0.142. The number of para-hydroxylation sites is 1. The van der Waals surface area contributed by atoms with Crippen LogP contribution in [0.15, 0.2) is 53.4 Å².